The maximum atomic E-state index is 13.2. The van der Waals surface area contributed by atoms with E-state index in [0.717, 1.165) is 25.7 Å². The maximum absolute atomic E-state index is 13.2. The Hall–Kier alpha value is -2.07. The van der Waals surface area contributed by atoms with Crippen LogP contribution >= 0.6 is 7.52 Å². The number of fused-ring (bicyclic) bond motifs is 1. The molecule has 0 amide bonds. The van der Waals surface area contributed by atoms with E-state index in [4.69, 9.17) is 19.7 Å². The minimum atomic E-state index is -3.36. The minimum absolute atomic E-state index is 0.0664. The van der Waals surface area contributed by atoms with Gasteiger partial charge in [-0.25, -0.2) is 20.0 Å². The van der Waals surface area contributed by atoms with E-state index < -0.39 is 19.5 Å². The van der Waals surface area contributed by atoms with Crippen molar-refractivity contribution in [3.63, 3.8) is 0 Å². The lowest BCUT2D eigenvalue weighted by Gasteiger charge is -2.33. The number of ether oxygens (including phenoxy) is 2. The molecule has 178 valence electrons. The smallest absolute Gasteiger partial charge is 0.323 e. The number of rotatable bonds is 11. The quantitative estimate of drug-likeness (QED) is 0.287. The van der Waals surface area contributed by atoms with Gasteiger partial charge in [-0.2, -0.15) is 0 Å². The number of hydrogen-bond donors (Lipinski definition) is 2. The highest BCUT2D eigenvalue weighted by Gasteiger charge is 2.38. The third kappa shape index (κ3) is 6.04. The highest BCUT2D eigenvalue weighted by atomic mass is 31.2. The van der Waals surface area contributed by atoms with Gasteiger partial charge in [-0.05, 0) is 12.3 Å². The summed E-state index contributed by atoms with van der Waals surface area (Å²) in [5.74, 6) is -0.164. The van der Waals surface area contributed by atoms with Crippen molar-refractivity contribution >= 4 is 30.5 Å². The summed E-state index contributed by atoms with van der Waals surface area (Å²) in [6, 6.07) is -0.718. The molecule has 0 aromatic carbocycles. The van der Waals surface area contributed by atoms with E-state index in [0.29, 0.717) is 30.1 Å². The first-order valence-electron chi connectivity index (χ1n) is 11.1. The number of hydrogen-bond acceptors (Lipinski definition) is 9. The lowest BCUT2D eigenvalue weighted by Crippen LogP contribution is -2.44. The highest BCUT2D eigenvalue weighted by molar-refractivity contribution is 7.56. The molecule has 0 bridgehead atoms. The van der Waals surface area contributed by atoms with Gasteiger partial charge in [-0.3, -0.25) is 9.36 Å². The Bertz CT molecular complexity index is 942. The van der Waals surface area contributed by atoms with Crippen LogP contribution in [0, 0.1) is 5.92 Å². The molecule has 0 aliphatic carbocycles. The molecule has 3 N–H and O–H groups in total. The molecular weight excluding hydrogens is 435 g/mol. The van der Waals surface area contributed by atoms with Crippen molar-refractivity contribution in [2.24, 2.45) is 5.92 Å². The van der Waals surface area contributed by atoms with Gasteiger partial charge in [-0.15, -0.1) is 0 Å². The average molecular weight is 468 g/mol. The van der Waals surface area contributed by atoms with Crippen LogP contribution in [0.5, 0.6) is 0 Å². The number of imidazole rings is 1. The molecule has 3 heterocycles. The van der Waals surface area contributed by atoms with Gasteiger partial charge in [0.15, 0.2) is 11.5 Å². The molecule has 0 radical (unpaired) electrons. The molecular formula is C20H33N6O5P. The maximum Gasteiger partial charge on any atom is 0.323 e. The molecule has 12 heteroatoms. The number of carbonyl (C=O) groups excluding carboxylic acids is 1. The van der Waals surface area contributed by atoms with Crippen molar-refractivity contribution in [1.82, 2.24) is 24.6 Å². The molecule has 3 rings (SSSR count). The standard InChI is InChI=1S/C20H33N6O5P/c1-4-6-7-8-29-20(27)16(14(3)5-2)25-32(28)13-30-15(10-31-32)9-26-12-24-17-18(21)22-11-23-19(17)26/h11-12,14-16H,4-10,13H2,1-3H3,(H,25,28)(H2,21,22,23)/t14?,15?,16-,32?/m0/s1. The van der Waals surface area contributed by atoms with E-state index in [1.165, 1.54) is 6.33 Å². The van der Waals surface area contributed by atoms with Crippen LogP contribution in [0.2, 0.25) is 0 Å². The molecule has 1 saturated heterocycles. The molecule has 2 aromatic rings. The fraction of sp³-hybridized carbons (Fsp3) is 0.700. The molecule has 1 aliphatic rings. The van der Waals surface area contributed by atoms with Gasteiger partial charge < -0.3 is 24.3 Å². The Balaban J connectivity index is 1.57. The molecule has 1 fully saturated rings. The van der Waals surface area contributed by atoms with Crippen LogP contribution in [0.1, 0.15) is 46.5 Å². The van der Waals surface area contributed by atoms with E-state index in [1.807, 2.05) is 13.8 Å². The first-order chi connectivity index (χ1) is 15.4. The summed E-state index contributed by atoms with van der Waals surface area (Å²) < 4.78 is 32.0. The van der Waals surface area contributed by atoms with Crippen LogP contribution in [0.25, 0.3) is 11.2 Å². The van der Waals surface area contributed by atoms with Gasteiger partial charge in [0.05, 0.1) is 26.1 Å². The molecule has 0 spiro atoms. The zero-order valence-electron chi connectivity index (χ0n) is 18.9. The first-order valence-corrected chi connectivity index (χ1v) is 12.9. The van der Waals surface area contributed by atoms with Crippen molar-refractivity contribution in [3.05, 3.63) is 12.7 Å². The molecule has 11 nitrogen and oxygen atoms in total. The van der Waals surface area contributed by atoms with Gasteiger partial charge >= 0.3 is 5.97 Å². The van der Waals surface area contributed by atoms with E-state index in [2.05, 4.69) is 27.0 Å². The summed E-state index contributed by atoms with van der Waals surface area (Å²) in [5, 5.41) is 2.92. The van der Waals surface area contributed by atoms with Gasteiger partial charge in [0, 0.05) is 0 Å². The Kier molecular flexibility index (Phi) is 8.58. The summed E-state index contributed by atoms with van der Waals surface area (Å²) in [5.41, 5.74) is 6.94. The van der Waals surface area contributed by atoms with E-state index in [9.17, 15) is 9.36 Å². The van der Waals surface area contributed by atoms with E-state index in [1.54, 1.807) is 10.9 Å². The Morgan fingerprint density at radius 3 is 2.88 bits per heavy atom. The fourth-order valence-corrected chi connectivity index (χ4v) is 5.22. The Labute approximate surface area is 187 Å². The molecule has 0 saturated carbocycles. The lowest BCUT2D eigenvalue weighted by molar-refractivity contribution is -0.147. The third-order valence-electron chi connectivity index (χ3n) is 5.57. The highest BCUT2D eigenvalue weighted by Crippen LogP contribution is 2.47. The van der Waals surface area contributed by atoms with E-state index >= 15 is 0 Å². The summed E-state index contributed by atoms with van der Waals surface area (Å²) in [6.07, 6.45) is 6.07. The predicted molar refractivity (Wildman–Crippen MR) is 120 cm³/mol. The summed E-state index contributed by atoms with van der Waals surface area (Å²) >= 11 is 0. The summed E-state index contributed by atoms with van der Waals surface area (Å²) in [4.78, 5) is 25.0. The lowest BCUT2D eigenvalue weighted by atomic mass is 10.0. The second-order valence-corrected chi connectivity index (χ2v) is 10.2. The number of aromatic nitrogens is 4. The topological polar surface area (TPSA) is 143 Å². The predicted octanol–water partition coefficient (Wildman–Crippen LogP) is 2.71. The van der Waals surface area contributed by atoms with Crippen LogP contribution < -0.4 is 10.8 Å². The molecule has 2 aromatic heterocycles. The SMILES string of the molecule is CCCCCOC(=O)[C@@H](NP1(=O)COC(Cn2cnc3c(N)ncnc32)CO1)C(C)CC. The number of carbonyl (C=O) groups is 1. The zero-order chi connectivity index (χ0) is 23.1. The number of nitrogens with two attached hydrogens (primary N) is 1. The summed E-state index contributed by atoms with van der Waals surface area (Å²) in [6.45, 7) is 6.84. The minimum Gasteiger partial charge on any atom is -0.465 e. The molecule has 32 heavy (non-hydrogen) atoms. The van der Waals surface area contributed by atoms with Crippen LogP contribution in [0.3, 0.4) is 0 Å². The molecule has 1 aliphatic heterocycles. The van der Waals surface area contributed by atoms with Crippen molar-refractivity contribution in [2.45, 2.75) is 65.1 Å². The monoisotopic (exact) mass is 468 g/mol. The number of nitrogen functional groups attached to an aromatic ring is 1. The number of esters is 1. The van der Waals surface area contributed by atoms with Gasteiger partial charge in [0.25, 0.3) is 7.52 Å². The number of nitrogens with zero attached hydrogens (tertiary/aromatic N) is 4. The number of unbranched alkanes of at least 4 members (excludes halogenated alkanes) is 2. The number of nitrogens with one attached hydrogen (secondary N) is 1. The second kappa shape index (κ2) is 11.2. The van der Waals surface area contributed by atoms with E-state index in [-0.39, 0.29) is 25.0 Å². The van der Waals surface area contributed by atoms with Gasteiger partial charge in [0.2, 0.25) is 0 Å². The van der Waals surface area contributed by atoms with Gasteiger partial charge in [0.1, 0.15) is 30.3 Å². The largest absolute Gasteiger partial charge is 0.465 e. The van der Waals surface area contributed by atoms with Crippen LogP contribution in [0.4, 0.5) is 5.82 Å². The van der Waals surface area contributed by atoms with Crippen LogP contribution in [0.15, 0.2) is 12.7 Å². The third-order valence-corrected chi connectivity index (χ3v) is 7.30. The Morgan fingerprint density at radius 2 is 2.19 bits per heavy atom. The molecule has 3 unspecified atom stereocenters. The van der Waals surface area contributed by atoms with Crippen LogP contribution in [-0.4, -0.2) is 57.2 Å². The zero-order valence-corrected chi connectivity index (χ0v) is 19.8. The second-order valence-electron chi connectivity index (χ2n) is 8.08. The molecule has 4 atom stereocenters. The van der Waals surface area contributed by atoms with Crippen molar-refractivity contribution in [1.29, 1.82) is 0 Å². The fourth-order valence-electron chi connectivity index (χ4n) is 3.40. The van der Waals surface area contributed by atoms with Crippen LogP contribution in [-0.2, 0) is 29.9 Å². The first kappa shape index (κ1) is 24.6. The summed E-state index contributed by atoms with van der Waals surface area (Å²) in [7, 11) is -3.36. The normalized spacial score (nSPS) is 23.2. The number of anilines is 1. The van der Waals surface area contributed by atoms with Crippen molar-refractivity contribution in [2.75, 3.05) is 25.3 Å². The van der Waals surface area contributed by atoms with Gasteiger partial charge in [-0.1, -0.05) is 40.0 Å². The Morgan fingerprint density at radius 1 is 1.38 bits per heavy atom. The van der Waals surface area contributed by atoms with Crippen molar-refractivity contribution in [3.8, 4) is 0 Å². The average Bonchev–Trinajstić information content (AvgIpc) is 3.20. The van der Waals surface area contributed by atoms with Crippen molar-refractivity contribution < 1.29 is 23.4 Å².